The van der Waals surface area contributed by atoms with Crippen LogP contribution in [0.4, 0.5) is 0 Å². The molecule has 2 nitrogen and oxygen atoms in total. The highest BCUT2D eigenvalue weighted by Crippen LogP contribution is 2.58. The van der Waals surface area contributed by atoms with Crippen molar-refractivity contribution in [3.05, 3.63) is 51.6 Å². The number of rotatable bonds is 9. The van der Waals surface area contributed by atoms with Crippen molar-refractivity contribution in [2.75, 3.05) is 0 Å². The van der Waals surface area contributed by atoms with E-state index >= 15 is 0 Å². The molecule has 2 aliphatic heterocycles. The third-order valence-electron chi connectivity index (χ3n) is 5.08. The second-order valence-electron chi connectivity index (χ2n) is 7.08. The molecule has 4 heterocycles. The Labute approximate surface area is 201 Å². The number of hydrogen-bond acceptors (Lipinski definition) is 6. The fraction of sp³-hybridized carbons (Fsp3) is 0.364. The summed E-state index contributed by atoms with van der Waals surface area (Å²) in [4.78, 5) is 29.6. The van der Waals surface area contributed by atoms with E-state index in [9.17, 15) is 9.59 Å². The van der Waals surface area contributed by atoms with Crippen molar-refractivity contribution in [3.63, 3.8) is 0 Å². The van der Waals surface area contributed by atoms with Crippen molar-refractivity contribution < 1.29 is 9.59 Å². The summed E-state index contributed by atoms with van der Waals surface area (Å²) in [5, 5.41) is 4.25. The van der Waals surface area contributed by atoms with Gasteiger partial charge in [-0.15, -0.1) is 22.7 Å². The second-order valence-corrected chi connectivity index (χ2v) is 12.0. The lowest BCUT2D eigenvalue weighted by Crippen LogP contribution is -1.97. The van der Waals surface area contributed by atoms with Crippen LogP contribution in [-0.2, 0) is 16.0 Å². The minimum Gasteiger partial charge on any atom is -0.281 e. The summed E-state index contributed by atoms with van der Waals surface area (Å²) in [5.41, 5.74) is 2.75. The van der Waals surface area contributed by atoms with Crippen LogP contribution < -0.4 is 0 Å². The number of hydrogen-bond donors (Lipinski definition) is 0. The maximum absolute atomic E-state index is 12.9. The number of halogens is 1. The first-order chi connectivity index (χ1) is 14.1. The van der Waals surface area contributed by atoms with Crippen molar-refractivity contribution in [1.82, 2.24) is 0 Å². The third kappa shape index (κ3) is 4.49. The highest BCUT2D eigenvalue weighted by Gasteiger charge is 2.42. The SMILES string of the molecule is CCCCCCCCc1ccsc1C1=C2SC(=O)C(c3sccc3I)=C2SC1=O. The predicted octanol–water partition coefficient (Wildman–Crippen LogP) is 7.99. The van der Waals surface area contributed by atoms with Crippen LogP contribution in [0.5, 0.6) is 0 Å². The first kappa shape index (κ1) is 21.9. The van der Waals surface area contributed by atoms with E-state index in [1.807, 2.05) is 11.4 Å². The highest BCUT2D eigenvalue weighted by molar-refractivity contribution is 14.1. The number of unbranched alkanes of at least 4 members (excludes halogenated alkanes) is 5. The summed E-state index contributed by atoms with van der Waals surface area (Å²) < 4.78 is 1.08. The first-order valence-corrected chi connectivity index (χ1v) is 14.3. The number of thiophene rings is 2. The molecule has 0 N–H and O–H groups in total. The molecule has 0 saturated heterocycles. The molecule has 0 saturated carbocycles. The minimum atomic E-state index is 0.0712. The second kappa shape index (κ2) is 9.85. The van der Waals surface area contributed by atoms with Gasteiger partial charge >= 0.3 is 0 Å². The molecule has 0 radical (unpaired) electrons. The van der Waals surface area contributed by atoms with E-state index in [1.54, 1.807) is 22.7 Å². The van der Waals surface area contributed by atoms with Gasteiger partial charge in [0.1, 0.15) is 0 Å². The average Bonchev–Trinajstić information content (AvgIpc) is 3.44. The van der Waals surface area contributed by atoms with Crippen LogP contribution in [0.25, 0.3) is 11.1 Å². The molecule has 0 atom stereocenters. The molecule has 0 fully saturated rings. The summed E-state index contributed by atoms with van der Waals surface area (Å²) in [6.45, 7) is 2.24. The van der Waals surface area contributed by atoms with Crippen LogP contribution in [0.2, 0.25) is 0 Å². The van der Waals surface area contributed by atoms with Gasteiger partial charge in [0.15, 0.2) is 0 Å². The number of fused-ring (bicyclic) bond motifs is 1. The van der Waals surface area contributed by atoms with Gasteiger partial charge in [0, 0.05) is 18.3 Å². The molecule has 0 unspecified atom stereocenters. The quantitative estimate of drug-likeness (QED) is 0.225. The maximum atomic E-state index is 12.9. The van der Waals surface area contributed by atoms with Crippen LogP contribution in [-0.4, -0.2) is 10.2 Å². The van der Waals surface area contributed by atoms with Gasteiger partial charge in [-0.3, -0.25) is 9.59 Å². The molecule has 2 aliphatic rings. The molecule has 0 aromatic carbocycles. The van der Waals surface area contributed by atoms with E-state index in [1.165, 1.54) is 61.2 Å². The Bertz CT molecular complexity index is 1010. The number of aryl methyl sites for hydroxylation is 1. The van der Waals surface area contributed by atoms with Crippen molar-refractivity contribution in [2.45, 2.75) is 51.9 Å². The monoisotopic (exact) mass is 572 g/mol. The van der Waals surface area contributed by atoms with Gasteiger partial charge in [0.25, 0.3) is 0 Å². The largest absolute Gasteiger partial charge is 0.281 e. The molecule has 7 heteroatoms. The Morgan fingerprint density at radius 1 is 0.793 bits per heavy atom. The van der Waals surface area contributed by atoms with E-state index in [-0.39, 0.29) is 10.2 Å². The molecule has 2 aromatic heterocycles. The molecule has 0 amide bonds. The molecule has 0 aliphatic carbocycles. The summed E-state index contributed by atoms with van der Waals surface area (Å²) in [6.07, 6.45) is 8.59. The molecule has 29 heavy (non-hydrogen) atoms. The molecule has 0 bridgehead atoms. The first-order valence-electron chi connectivity index (χ1n) is 9.85. The van der Waals surface area contributed by atoms with Crippen molar-refractivity contribution in [3.8, 4) is 0 Å². The Balaban J connectivity index is 1.59. The topological polar surface area (TPSA) is 34.1 Å². The van der Waals surface area contributed by atoms with Crippen LogP contribution in [0.3, 0.4) is 0 Å². The Morgan fingerprint density at radius 2 is 1.38 bits per heavy atom. The van der Waals surface area contributed by atoms with Gasteiger partial charge in [0.2, 0.25) is 10.2 Å². The van der Waals surface area contributed by atoms with Gasteiger partial charge in [-0.1, -0.05) is 39.0 Å². The summed E-state index contributed by atoms with van der Waals surface area (Å²) in [5.74, 6) is 0. The Kier molecular flexibility index (Phi) is 7.43. The number of carbonyl (C=O) groups is 2. The van der Waals surface area contributed by atoms with Gasteiger partial charge in [-0.05, 0) is 87.4 Å². The zero-order chi connectivity index (χ0) is 20.4. The lowest BCUT2D eigenvalue weighted by atomic mass is 10.0. The maximum Gasteiger partial charge on any atom is 0.226 e. The molecule has 0 spiro atoms. The lowest BCUT2D eigenvalue weighted by molar-refractivity contribution is -0.106. The Morgan fingerprint density at radius 3 is 2.03 bits per heavy atom. The summed E-state index contributed by atoms with van der Waals surface area (Å²) >= 11 is 7.97. The van der Waals surface area contributed by atoms with E-state index < -0.39 is 0 Å². The molecule has 4 rings (SSSR count). The minimum absolute atomic E-state index is 0.0712. The fourth-order valence-electron chi connectivity index (χ4n) is 3.61. The summed E-state index contributed by atoms with van der Waals surface area (Å²) in [7, 11) is 0. The van der Waals surface area contributed by atoms with E-state index in [2.05, 4.69) is 41.0 Å². The third-order valence-corrected chi connectivity index (χ3v) is 10.4. The molecular weight excluding hydrogens is 551 g/mol. The van der Waals surface area contributed by atoms with Crippen LogP contribution in [0.15, 0.2) is 32.7 Å². The summed E-state index contributed by atoms with van der Waals surface area (Å²) in [6, 6.07) is 4.18. The van der Waals surface area contributed by atoms with Gasteiger partial charge in [0.05, 0.1) is 16.0 Å². The molecule has 2 aromatic rings. The van der Waals surface area contributed by atoms with E-state index in [0.717, 1.165) is 47.1 Å². The van der Waals surface area contributed by atoms with Crippen molar-refractivity contribution >= 4 is 90.2 Å². The van der Waals surface area contributed by atoms with Gasteiger partial charge in [-0.25, -0.2) is 0 Å². The fourth-order valence-corrected chi connectivity index (χ4v) is 9.12. The molecule has 152 valence electrons. The van der Waals surface area contributed by atoms with Crippen LogP contribution >= 0.6 is 68.8 Å². The van der Waals surface area contributed by atoms with E-state index in [0.29, 0.717) is 0 Å². The zero-order valence-electron chi connectivity index (χ0n) is 16.1. The highest BCUT2D eigenvalue weighted by atomic mass is 127. The standard InChI is InChI=1S/C22H21IO2S4/c1-2-3-4-5-6-7-8-13-9-11-26-17(13)15-19-20(29-21(15)24)16(22(25)28-19)18-14(23)10-12-27-18/h9-12H,2-8H2,1H3. The number of carbonyl (C=O) groups excluding carboxylic acids is 2. The molecular formula is C22H21IO2S4. The Hall–Kier alpha value is -0.350. The average molecular weight is 573 g/mol. The van der Waals surface area contributed by atoms with E-state index in [4.69, 9.17) is 0 Å². The number of thioether (sulfide) groups is 2. The van der Waals surface area contributed by atoms with Crippen LogP contribution in [0.1, 0.15) is 60.8 Å². The van der Waals surface area contributed by atoms with Crippen LogP contribution in [0, 0.1) is 3.57 Å². The van der Waals surface area contributed by atoms with Gasteiger partial charge < -0.3 is 0 Å². The lowest BCUT2D eigenvalue weighted by Gasteiger charge is -2.05. The smallest absolute Gasteiger partial charge is 0.226 e. The van der Waals surface area contributed by atoms with Crippen molar-refractivity contribution in [2.24, 2.45) is 0 Å². The zero-order valence-corrected chi connectivity index (χ0v) is 21.5. The van der Waals surface area contributed by atoms with Gasteiger partial charge in [-0.2, -0.15) is 0 Å². The normalized spacial score (nSPS) is 16.5. The van der Waals surface area contributed by atoms with Crippen molar-refractivity contribution in [1.29, 1.82) is 0 Å². The predicted molar refractivity (Wildman–Crippen MR) is 137 cm³/mol.